The molecular formula is C13H7ClF3IN2O. The molecule has 2 rings (SSSR count). The van der Waals surface area contributed by atoms with Crippen molar-refractivity contribution in [2.45, 2.75) is 6.18 Å². The molecule has 2 aromatic rings. The molecule has 0 aliphatic rings. The Morgan fingerprint density at radius 1 is 1.24 bits per heavy atom. The summed E-state index contributed by atoms with van der Waals surface area (Å²) in [4.78, 5) is 15.2. The fourth-order valence-corrected chi connectivity index (χ4v) is 1.99. The number of amides is 1. The maximum atomic E-state index is 12.4. The first kappa shape index (κ1) is 16.0. The van der Waals surface area contributed by atoms with Crippen molar-refractivity contribution >= 4 is 45.8 Å². The first-order valence-electron chi connectivity index (χ1n) is 5.57. The number of anilines is 1. The molecule has 3 nitrogen and oxygen atoms in total. The van der Waals surface area contributed by atoms with Gasteiger partial charge in [-0.3, -0.25) is 4.79 Å². The van der Waals surface area contributed by atoms with Crippen LogP contribution in [0.25, 0.3) is 0 Å². The van der Waals surface area contributed by atoms with Gasteiger partial charge in [0.2, 0.25) is 0 Å². The number of hydrogen-bond acceptors (Lipinski definition) is 2. The number of aromatic nitrogens is 1. The lowest BCUT2D eigenvalue weighted by Gasteiger charge is -2.08. The van der Waals surface area contributed by atoms with Crippen molar-refractivity contribution in [1.29, 1.82) is 0 Å². The number of benzene rings is 1. The quantitative estimate of drug-likeness (QED) is 0.713. The molecule has 1 aromatic carbocycles. The van der Waals surface area contributed by atoms with Crippen LogP contribution in [0.5, 0.6) is 0 Å². The largest absolute Gasteiger partial charge is 0.433 e. The Hall–Kier alpha value is -1.35. The van der Waals surface area contributed by atoms with Crippen LogP contribution in [-0.2, 0) is 6.18 Å². The van der Waals surface area contributed by atoms with E-state index in [1.165, 1.54) is 6.07 Å². The molecule has 0 unspecified atom stereocenters. The molecule has 1 amide bonds. The number of carbonyl (C=O) groups excluding carboxylic acids is 1. The maximum absolute atomic E-state index is 12.4. The standard InChI is InChI=1S/C13H7ClF3IN2O/c14-9-5-7(1-3-10(9)18)12(21)20-8-2-4-11(19-6-8)13(15,16)17/h1-6H,(H,20,21). The van der Waals surface area contributed by atoms with Crippen LogP contribution in [0.3, 0.4) is 0 Å². The monoisotopic (exact) mass is 426 g/mol. The van der Waals surface area contributed by atoms with Gasteiger partial charge in [-0.1, -0.05) is 11.6 Å². The second-order valence-electron chi connectivity index (χ2n) is 4.01. The number of halogens is 5. The Morgan fingerprint density at radius 2 is 1.95 bits per heavy atom. The Morgan fingerprint density at radius 3 is 2.48 bits per heavy atom. The molecule has 110 valence electrons. The minimum atomic E-state index is -4.51. The Labute approximate surface area is 136 Å². The highest BCUT2D eigenvalue weighted by atomic mass is 127. The number of nitrogens with one attached hydrogen (secondary N) is 1. The normalized spacial score (nSPS) is 11.3. The minimum Gasteiger partial charge on any atom is -0.321 e. The van der Waals surface area contributed by atoms with E-state index in [0.29, 0.717) is 10.6 Å². The SMILES string of the molecule is O=C(Nc1ccc(C(F)(F)F)nc1)c1ccc(I)c(Cl)c1. The molecule has 0 spiro atoms. The van der Waals surface area contributed by atoms with Crippen LogP contribution in [-0.4, -0.2) is 10.9 Å². The lowest BCUT2D eigenvalue weighted by atomic mass is 10.2. The van der Waals surface area contributed by atoms with Crippen molar-refractivity contribution in [3.8, 4) is 0 Å². The maximum Gasteiger partial charge on any atom is 0.433 e. The second-order valence-corrected chi connectivity index (χ2v) is 5.58. The van der Waals surface area contributed by atoms with Crippen molar-refractivity contribution in [2.75, 3.05) is 5.32 Å². The van der Waals surface area contributed by atoms with Crippen molar-refractivity contribution in [3.05, 3.63) is 56.4 Å². The molecule has 1 N–H and O–H groups in total. The highest BCUT2D eigenvalue weighted by molar-refractivity contribution is 14.1. The molecule has 0 saturated carbocycles. The lowest BCUT2D eigenvalue weighted by Crippen LogP contribution is -2.13. The lowest BCUT2D eigenvalue weighted by molar-refractivity contribution is -0.141. The third-order valence-electron chi connectivity index (χ3n) is 2.49. The zero-order valence-corrected chi connectivity index (χ0v) is 13.1. The first-order valence-corrected chi connectivity index (χ1v) is 7.02. The third-order valence-corrected chi connectivity index (χ3v) is 4.07. The molecule has 1 aromatic heterocycles. The summed E-state index contributed by atoms with van der Waals surface area (Å²) in [6, 6.07) is 6.66. The zero-order valence-electron chi connectivity index (χ0n) is 10.2. The number of carbonyl (C=O) groups is 1. The van der Waals surface area contributed by atoms with Crippen LogP contribution in [0, 0.1) is 3.57 Å². The average Bonchev–Trinajstić information content (AvgIpc) is 2.41. The van der Waals surface area contributed by atoms with Gasteiger partial charge in [0.1, 0.15) is 5.69 Å². The minimum absolute atomic E-state index is 0.169. The van der Waals surface area contributed by atoms with Crippen LogP contribution in [0.15, 0.2) is 36.5 Å². The van der Waals surface area contributed by atoms with Gasteiger partial charge in [-0.25, -0.2) is 4.98 Å². The summed E-state index contributed by atoms with van der Waals surface area (Å²) in [5, 5.41) is 2.88. The molecule has 0 radical (unpaired) electrons. The van der Waals surface area contributed by atoms with Gasteiger partial charge in [-0.2, -0.15) is 13.2 Å². The van der Waals surface area contributed by atoms with Crippen LogP contribution in [0.4, 0.5) is 18.9 Å². The number of rotatable bonds is 2. The van der Waals surface area contributed by atoms with Crippen LogP contribution in [0.1, 0.15) is 16.1 Å². The number of pyridine rings is 1. The molecule has 0 fully saturated rings. The molecule has 21 heavy (non-hydrogen) atoms. The van der Waals surface area contributed by atoms with Crippen molar-refractivity contribution < 1.29 is 18.0 Å². The molecule has 0 saturated heterocycles. The van der Waals surface area contributed by atoms with Gasteiger partial charge in [-0.15, -0.1) is 0 Å². The molecule has 0 aliphatic carbocycles. The number of hydrogen-bond donors (Lipinski definition) is 1. The van der Waals surface area contributed by atoms with E-state index in [9.17, 15) is 18.0 Å². The van der Waals surface area contributed by atoms with Gasteiger partial charge in [0, 0.05) is 9.13 Å². The van der Waals surface area contributed by atoms with Crippen LogP contribution < -0.4 is 5.32 Å². The van der Waals surface area contributed by atoms with E-state index in [1.807, 2.05) is 22.6 Å². The van der Waals surface area contributed by atoms with Crippen molar-refractivity contribution in [2.24, 2.45) is 0 Å². The number of nitrogens with zero attached hydrogens (tertiary/aromatic N) is 1. The Kier molecular flexibility index (Phi) is 4.72. The average molecular weight is 427 g/mol. The summed E-state index contributed by atoms with van der Waals surface area (Å²) in [6.07, 6.45) is -3.55. The van der Waals surface area contributed by atoms with Gasteiger partial charge in [0.05, 0.1) is 16.9 Å². The van der Waals surface area contributed by atoms with Crippen LogP contribution in [0.2, 0.25) is 5.02 Å². The summed E-state index contributed by atoms with van der Waals surface area (Å²) in [7, 11) is 0. The second kappa shape index (κ2) is 6.18. The molecule has 0 aliphatic heterocycles. The van der Waals surface area contributed by atoms with E-state index >= 15 is 0 Å². The van der Waals surface area contributed by atoms with E-state index in [-0.39, 0.29) is 5.69 Å². The van der Waals surface area contributed by atoms with E-state index < -0.39 is 17.8 Å². The third kappa shape index (κ3) is 4.07. The van der Waals surface area contributed by atoms with Gasteiger partial charge in [0.15, 0.2) is 0 Å². The fourth-order valence-electron chi connectivity index (χ4n) is 1.48. The molecule has 0 atom stereocenters. The van der Waals surface area contributed by atoms with E-state index in [4.69, 9.17) is 11.6 Å². The summed E-state index contributed by atoms with van der Waals surface area (Å²) in [5.74, 6) is -0.477. The first-order chi connectivity index (χ1) is 9.77. The highest BCUT2D eigenvalue weighted by Crippen LogP contribution is 2.28. The summed E-state index contributed by atoms with van der Waals surface area (Å²) in [6.45, 7) is 0. The van der Waals surface area contributed by atoms with E-state index in [1.54, 1.807) is 12.1 Å². The van der Waals surface area contributed by atoms with Crippen molar-refractivity contribution in [1.82, 2.24) is 4.98 Å². The molecular weight excluding hydrogens is 420 g/mol. The Balaban J connectivity index is 2.14. The zero-order chi connectivity index (χ0) is 15.6. The molecule has 1 heterocycles. The number of alkyl halides is 3. The molecule has 0 bridgehead atoms. The van der Waals surface area contributed by atoms with Crippen molar-refractivity contribution in [3.63, 3.8) is 0 Å². The molecule has 8 heteroatoms. The fraction of sp³-hybridized carbons (Fsp3) is 0.0769. The predicted octanol–water partition coefficient (Wildman–Crippen LogP) is 4.61. The van der Waals surface area contributed by atoms with Gasteiger partial charge in [-0.05, 0) is 52.9 Å². The summed E-state index contributed by atoms with van der Waals surface area (Å²) >= 11 is 7.93. The van der Waals surface area contributed by atoms with Gasteiger partial charge < -0.3 is 5.32 Å². The summed E-state index contributed by atoms with van der Waals surface area (Å²) in [5.41, 5.74) is -0.541. The highest BCUT2D eigenvalue weighted by Gasteiger charge is 2.32. The van der Waals surface area contributed by atoms with Crippen LogP contribution >= 0.6 is 34.2 Å². The van der Waals surface area contributed by atoms with E-state index in [2.05, 4.69) is 10.3 Å². The summed E-state index contributed by atoms with van der Waals surface area (Å²) < 4.78 is 37.9. The smallest absolute Gasteiger partial charge is 0.321 e. The van der Waals surface area contributed by atoms with Gasteiger partial charge in [0.25, 0.3) is 5.91 Å². The van der Waals surface area contributed by atoms with E-state index in [0.717, 1.165) is 21.9 Å². The topological polar surface area (TPSA) is 42.0 Å². The predicted molar refractivity (Wildman–Crippen MR) is 81.4 cm³/mol. The van der Waals surface area contributed by atoms with Gasteiger partial charge >= 0.3 is 6.18 Å². The Bertz CT molecular complexity index is 674.